The topological polar surface area (TPSA) is 49.6 Å². The van der Waals surface area contributed by atoms with Crippen LogP contribution in [0.2, 0.25) is 0 Å². The van der Waals surface area contributed by atoms with Gasteiger partial charge in [0.25, 0.3) is 0 Å². The summed E-state index contributed by atoms with van der Waals surface area (Å²) in [4.78, 5) is 8.76. The third-order valence-electron chi connectivity index (χ3n) is 2.39. The molecule has 0 bridgehead atoms. The molecule has 0 atom stereocenters. The van der Waals surface area contributed by atoms with Gasteiger partial charge in [-0.15, -0.1) is 0 Å². The molecule has 3 nitrogen and oxygen atoms in total. The molecule has 4 heteroatoms. The van der Waals surface area contributed by atoms with Gasteiger partial charge < -0.3 is 0 Å². The van der Waals surface area contributed by atoms with Crippen LogP contribution in [0.5, 0.6) is 0 Å². The summed E-state index contributed by atoms with van der Waals surface area (Å²) in [6.07, 6.45) is 0. The van der Waals surface area contributed by atoms with Gasteiger partial charge >= 0.3 is 0 Å². The van der Waals surface area contributed by atoms with Crippen molar-refractivity contribution in [2.45, 2.75) is 24.8 Å². The van der Waals surface area contributed by atoms with E-state index in [4.69, 9.17) is 5.26 Å². The quantitative estimate of drug-likeness (QED) is 0.624. The van der Waals surface area contributed by atoms with E-state index in [2.05, 4.69) is 16.0 Å². The number of hydrogen-bond donors (Lipinski definition) is 0. The highest BCUT2D eigenvalue weighted by molar-refractivity contribution is 7.98. The van der Waals surface area contributed by atoms with Crippen LogP contribution in [0.1, 0.15) is 22.5 Å². The van der Waals surface area contributed by atoms with Crippen molar-refractivity contribution < 1.29 is 0 Å². The van der Waals surface area contributed by atoms with E-state index >= 15 is 0 Å². The molecule has 0 spiro atoms. The van der Waals surface area contributed by atoms with Gasteiger partial charge in [0.2, 0.25) is 0 Å². The SMILES string of the molecule is Cc1cc(C)nc(SCc2cccc(C#N)c2)n1. The Bertz CT molecular complexity index is 582. The summed E-state index contributed by atoms with van der Waals surface area (Å²) in [6, 6.07) is 11.7. The Balaban J connectivity index is 2.09. The van der Waals surface area contributed by atoms with Crippen LogP contribution in [0.3, 0.4) is 0 Å². The van der Waals surface area contributed by atoms with Crippen molar-refractivity contribution in [3.8, 4) is 6.07 Å². The third-order valence-corrected chi connectivity index (χ3v) is 3.30. The van der Waals surface area contributed by atoms with E-state index in [1.54, 1.807) is 11.8 Å². The number of nitriles is 1. The van der Waals surface area contributed by atoms with E-state index in [0.29, 0.717) is 5.56 Å². The van der Waals surface area contributed by atoms with Crippen molar-refractivity contribution in [2.75, 3.05) is 0 Å². The highest BCUT2D eigenvalue weighted by atomic mass is 32.2. The zero-order valence-electron chi connectivity index (χ0n) is 10.3. The molecule has 18 heavy (non-hydrogen) atoms. The summed E-state index contributed by atoms with van der Waals surface area (Å²) in [5.41, 5.74) is 3.77. The van der Waals surface area contributed by atoms with Gasteiger partial charge in [-0.1, -0.05) is 23.9 Å². The average Bonchev–Trinajstić information content (AvgIpc) is 2.35. The van der Waals surface area contributed by atoms with Gasteiger partial charge in [0, 0.05) is 17.1 Å². The maximum atomic E-state index is 8.84. The molecule has 2 aromatic rings. The van der Waals surface area contributed by atoms with Gasteiger partial charge in [0.15, 0.2) is 5.16 Å². The molecule has 0 fully saturated rings. The molecule has 0 saturated carbocycles. The van der Waals surface area contributed by atoms with E-state index in [9.17, 15) is 0 Å². The monoisotopic (exact) mass is 255 g/mol. The molecule has 1 aromatic carbocycles. The fraction of sp³-hybridized carbons (Fsp3) is 0.214. The Morgan fingerprint density at radius 3 is 2.56 bits per heavy atom. The van der Waals surface area contributed by atoms with Crippen LogP contribution < -0.4 is 0 Å². The normalized spacial score (nSPS) is 10.1. The summed E-state index contributed by atoms with van der Waals surface area (Å²) >= 11 is 1.59. The van der Waals surface area contributed by atoms with Crippen LogP contribution in [0.15, 0.2) is 35.5 Å². The van der Waals surface area contributed by atoms with Crippen LogP contribution in [-0.4, -0.2) is 9.97 Å². The molecule has 0 unspecified atom stereocenters. The second kappa shape index (κ2) is 5.65. The van der Waals surface area contributed by atoms with Gasteiger partial charge in [-0.2, -0.15) is 5.26 Å². The lowest BCUT2D eigenvalue weighted by Gasteiger charge is -2.03. The van der Waals surface area contributed by atoms with Gasteiger partial charge in [0.05, 0.1) is 11.6 Å². The fourth-order valence-electron chi connectivity index (χ4n) is 1.64. The van der Waals surface area contributed by atoms with Gasteiger partial charge in [-0.25, -0.2) is 9.97 Å². The van der Waals surface area contributed by atoms with Crippen LogP contribution in [0, 0.1) is 25.2 Å². The molecule has 2 rings (SSSR count). The minimum absolute atomic E-state index is 0.689. The molecule has 0 aliphatic heterocycles. The van der Waals surface area contributed by atoms with Crippen molar-refractivity contribution in [2.24, 2.45) is 0 Å². The molecular formula is C14H13N3S. The molecule has 0 amide bonds. The van der Waals surface area contributed by atoms with Crippen LogP contribution in [0.25, 0.3) is 0 Å². The summed E-state index contributed by atoms with van der Waals surface area (Å²) in [5, 5.41) is 9.63. The first-order chi connectivity index (χ1) is 8.67. The molecule has 0 N–H and O–H groups in total. The van der Waals surface area contributed by atoms with Crippen molar-refractivity contribution in [3.05, 3.63) is 52.8 Å². The molecule has 0 aliphatic rings. The first kappa shape index (κ1) is 12.6. The molecule has 0 saturated heterocycles. The fourth-order valence-corrected chi connectivity index (χ4v) is 2.53. The van der Waals surface area contributed by atoms with E-state index in [0.717, 1.165) is 27.9 Å². The van der Waals surface area contributed by atoms with Crippen molar-refractivity contribution >= 4 is 11.8 Å². The van der Waals surface area contributed by atoms with E-state index < -0.39 is 0 Å². The standard InChI is InChI=1S/C14H13N3S/c1-10-6-11(2)17-14(16-10)18-9-13-5-3-4-12(7-13)8-15/h3-7H,9H2,1-2H3. The third kappa shape index (κ3) is 3.31. The number of hydrogen-bond acceptors (Lipinski definition) is 4. The number of aromatic nitrogens is 2. The van der Waals surface area contributed by atoms with Crippen LogP contribution in [-0.2, 0) is 5.75 Å². The smallest absolute Gasteiger partial charge is 0.188 e. The lowest BCUT2D eigenvalue weighted by atomic mass is 10.2. The predicted octanol–water partition coefficient (Wildman–Crippen LogP) is 3.26. The first-order valence-corrected chi connectivity index (χ1v) is 6.60. The first-order valence-electron chi connectivity index (χ1n) is 5.61. The number of nitrogens with zero attached hydrogens (tertiary/aromatic N) is 3. The summed E-state index contributed by atoms with van der Waals surface area (Å²) in [6.45, 7) is 3.93. The van der Waals surface area contributed by atoms with E-state index in [-0.39, 0.29) is 0 Å². The Morgan fingerprint density at radius 1 is 1.17 bits per heavy atom. The molecule has 0 radical (unpaired) electrons. The lowest BCUT2D eigenvalue weighted by Crippen LogP contribution is -1.93. The Labute approximate surface area is 111 Å². The summed E-state index contributed by atoms with van der Waals surface area (Å²) < 4.78 is 0. The average molecular weight is 255 g/mol. The van der Waals surface area contributed by atoms with Gasteiger partial charge in [-0.05, 0) is 37.6 Å². The Hall–Kier alpha value is -1.86. The van der Waals surface area contributed by atoms with Crippen LogP contribution >= 0.6 is 11.8 Å². The molecular weight excluding hydrogens is 242 g/mol. The number of aryl methyl sites for hydroxylation is 2. The number of benzene rings is 1. The van der Waals surface area contributed by atoms with Crippen molar-refractivity contribution in [3.63, 3.8) is 0 Å². The number of thioether (sulfide) groups is 1. The van der Waals surface area contributed by atoms with Crippen molar-refractivity contribution in [1.29, 1.82) is 5.26 Å². The van der Waals surface area contributed by atoms with Crippen molar-refractivity contribution in [1.82, 2.24) is 9.97 Å². The lowest BCUT2D eigenvalue weighted by molar-refractivity contribution is 0.902. The molecule has 1 aromatic heterocycles. The maximum absolute atomic E-state index is 8.84. The Kier molecular flexibility index (Phi) is 3.96. The second-order valence-corrected chi connectivity index (χ2v) is 4.98. The Morgan fingerprint density at radius 2 is 1.89 bits per heavy atom. The highest BCUT2D eigenvalue weighted by Crippen LogP contribution is 2.20. The minimum atomic E-state index is 0.689. The molecule has 1 heterocycles. The van der Waals surface area contributed by atoms with E-state index in [1.165, 1.54) is 0 Å². The maximum Gasteiger partial charge on any atom is 0.188 e. The number of rotatable bonds is 3. The van der Waals surface area contributed by atoms with Gasteiger partial charge in [-0.3, -0.25) is 0 Å². The van der Waals surface area contributed by atoms with Crippen LogP contribution in [0.4, 0.5) is 0 Å². The largest absolute Gasteiger partial charge is 0.228 e. The minimum Gasteiger partial charge on any atom is -0.228 e. The summed E-state index contributed by atoms with van der Waals surface area (Å²) in [7, 11) is 0. The highest BCUT2D eigenvalue weighted by Gasteiger charge is 2.02. The predicted molar refractivity (Wildman–Crippen MR) is 72.2 cm³/mol. The zero-order valence-corrected chi connectivity index (χ0v) is 11.2. The second-order valence-electron chi connectivity index (χ2n) is 4.03. The molecule has 0 aliphatic carbocycles. The van der Waals surface area contributed by atoms with E-state index in [1.807, 2.05) is 44.2 Å². The zero-order chi connectivity index (χ0) is 13.0. The molecule has 90 valence electrons. The summed E-state index contributed by atoms with van der Waals surface area (Å²) in [5.74, 6) is 0.776. The van der Waals surface area contributed by atoms with Gasteiger partial charge in [0.1, 0.15) is 0 Å².